The molecule has 1 unspecified atom stereocenters. The molecule has 0 aromatic heterocycles. The first-order valence-electron chi connectivity index (χ1n) is 7.90. The van der Waals surface area contributed by atoms with E-state index in [-0.39, 0.29) is 17.7 Å². The van der Waals surface area contributed by atoms with E-state index in [2.05, 4.69) is 31.3 Å². The molecule has 4 nitrogen and oxygen atoms in total. The Kier molecular flexibility index (Phi) is 7.09. The van der Waals surface area contributed by atoms with Gasteiger partial charge in [-0.3, -0.25) is 9.59 Å². The van der Waals surface area contributed by atoms with Crippen LogP contribution in [0.2, 0.25) is 0 Å². The van der Waals surface area contributed by atoms with Crippen LogP contribution in [0.4, 0.5) is 0 Å². The third kappa shape index (κ3) is 5.17. The topological polar surface area (TPSA) is 66.4 Å². The molecule has 0 saturated heterocycles. The van der Waals surface area contributed by atoms with Gasteiger partial charge in [-0.15, -0.1) is 0 Å². The van der Waals surface area contributed by atoms with Gasteiger partial charge in [0, 0.05) is 25.3 Å². The van der Waals surface area contributed by atoms with Crippen molar-refractivity contribution in [2.24, 2.45) is 5.92 Å². The summed E-state index contributed by atoms with van der Waals surface area (Å²) < 4.78 is 0. The largest absolute Gasteiger partial charge is 0.481 e. The molecule has 1 atom stereocenters. The van der Waals surface area contributed by atoms with Crippen LogP contribution in [0, 0.1) is 5.92 Å². The van der Waals surface area contributed by atoms with Gasteiger partial charge in [-0.1, -0.05) is 50.6 Å². The maximum absolute atomic E-state index is 11.4. The van der Waals surface area contributed by atoms with Crippen molar-refractivity contribution in [3.8, 4) is 0 Å². The zero-order valence-corrected chi connectivity index (χ0v) is 13.8. The van der Waals surface area contributed by atoms with E-state index in [1.807, 2.05) is 18.2 Å². The maximum atomic E-state index is 11.4. The molecule has 0 aliphatic carbocycles. The number of amides is 1. The zero-order valence-electron chi connectivity index (χ0n) is 13.8. The molecule has 1 aromatic carbocycles. The van der Waals surface area contributed by atoms with Crippen LogP contribution in [-0.2, 0) is 15.0 Å². The molecule has 0 bridgehead atoms. The highest BCUT2D eigenvalue weighted by Gasteiger charge is 2.35. The highest BCUT2D eigenvalue weighted by molar-refractivity contribution is 5.73. The third-order valence-corrected chi connectivity index (χ3v) is 4.37. The molecule has 0 aliphatic heterocycles. The van der Waals surface area contributed by atoms with Crippen molar-refractivity contribution in [2.75, 3.05) is 6.54 Å². The second kappa shape index (κ2) is 8.57. The van der Waals surface area contributed by atoms with Gasteiger partial charge in [-0.05, 0) is 24.3 Å². The number of hydrogen-bond donors (Lipinski definition) is 2. The van der Waals surface area contributed by atoms with Crippen LogP contribution in [0.5, 0.6) is 0 Å². The first-order valence-corrected chi connectivity index (χ1v) is 7.90. The number of carboxylic acid groups (broad SMARTS) is 1. The van der Waals surface area contributed by atoms with Crippen molar-refractivity contribution >= 4 is 11.9 Å². The second-order valence-corrected chi connectivity index (χ2v) is 6.19. The summed E-state index contributed by atoms with van der Waals surface area (Å²) in [6.45, 7) is 6.43. The first kappa shape index (κ1) is 18.2. The van der Waals surface area contributed by atoms with Gasteiger partial charge in [0.1, 0.15) is 0 Å². The molecule has 22 heavy (non-hydrogen) atoms. The fraction of sp³-hybridized carbons (Fsp3) is 0.556. The van der Waals surface area contributed by atoms with E-state index in [4.69, 9.17) is 5.11 Å². The SMILES string of the molecule is CC(=O)NCC(CCCCC(=O)O)(c1ccccc1)C(C)C. The number of rotatable bonds is 9. The number of carbonyl (C=O) groups excluding carboxylic acids is 1. The molecular formula is C18H27NO3. The quantitative estimate of drug-likeness (QED) is 0.687. The Morgan fingerprint density at radius 1 is 1.18 bits per heavy atom. The number of carboxylic acids is 1. The maximum Gasteiger partial charge on any atom is 0.303 e. The van der Waals surface area contributed by atoms with Gasteiger partial charge in [-0.25, -0.2) is 0 Å². The molecule has 0 heterocycles. The third-order valence-electron chi connectivity index (χ3n) is 4.37. The Labute approximate surface area is 132 Å². The number of hydrogen-bond acceptors (Lipinski definition) is 2. The van der Waals surface area contributed by atoms with Gasteiger partial charge >= 0.3 is 5.97 Å². The average Bonchev–Trinajstić information content (AvgIpc) is 2.47. The van der Waals surface area contributed by atoms with Crippen LogP contribution in [0.1, 0.15) is 52.0 Å². The number of unbranched alkanes of at least 4 members (excludes halogenated alkanes) is 1. The normalized spacial score (nSPS) is 13.6. The Balaban J connectivity index is 2.94. The fourth-order valence-corrected chi connectivity index (χ4v) is 2.93. The van der Waals surface area contributed by atoms with E-state index >= 15 is 0 Å². The van der Waals surface area contributed by atoms with Crippen LogP contribution in [0.15, 0.2) is 30.3 Å². The molecule has 0 saturated carbocycles. The van der Waals surface area contributed by atoms with E-state index < -0.39 is 5.97 Å². The molecule has 0 aliphatic rings. The summed E-state index contributed by atoms with van der Waals surface area (Å²) in [6, 6.07) is 10.2. The van der Waals surface area contributed by atoms with Crippen molar-refractivity contribution in [1.29, 1.82) is 0 Å². The summed E-state index contributed by atoms with van der Waals surface area (Å²) in [6.07, 6.45) is 2.56. The molecule has 122 valence electrons. The predicted molar refractivity (Wildman–Crippen MR) is 87.7 cm³/mol. The molecule has 2 N–H and O–H groups in total. The van der Waals surface area contributed by atoms with Crippen LogP contribution in [-0.4, -0.2) is 23.5 Å². The summed E-state index contributed by atoms with van der Waals surface area (Å²) in [7, 11) is 0. The van der Waals surface area contributed by atoms with Gasteiger partial charge < -0.3 is 10.4 Å². The minimum absolute atomic E-state index is 0.0357. The lowest BCUT2D eigenvalue weighted by atomic mass is 9.68. The lowest BCUT2D eigenvalue weighted by Crippen LogP contribution is -2.44. The standard InChI is InChI=1S/C18H27NO3/c1-14(2)18(13-19-15(3)20,12-8-7-11-17(21)22)16-9-5-4-6-10-16/h4-6,9-10,14H,7-8,11-13H2,1-3H3,(H,19,20)(H,21,22). The lowest BCUT2D eigenvalue weighted by Gasteiger charge is -2.39. The van der Waals surface area contributed by atoms with Gasteiger partial charge in [0.25, 0.3) is 0 Å². The lowest BCUT2D eigenvalue weighted by molar-refractivity contribution is -0.137. The number of benzene rings is 1. The molecule has 0 radical (unpaired) electrons. The van der Waals surface area contributed by atoms with Gasteiger partial charge in [0.05, 0.1) is 0 Å². The fourth-order valence-electron chi connectivity index (χ4n) is 2.93. The highest BCUT2D eigenvalue weighted by Crippen LogP contribution is 2.37. The smallest absolute Gasteiger partial charge is 0.303 e. The van der Waals surface area contributed by atoms with E-state index in [0.717, 1.165) is 12.8 Å². The Hall–Kier alpha value is -1.84. The van der Waals surface area contributed by atoms with E-state index in [9.17, 15) is 9.59 Å². The molecule has 4 heteroatoms. The number of aliphatic carboxylic acids is 1. The number of nitrogens with one attached hydrogen (secondary N) is 1. The van der Waals surface area contributed by atoms with E-state index in [0.29, 0.717) is 18.9 Å². The Bertz CT molecular complexity index is 484. The van der Waals surface area contributed by atoms with Crippen molar-refractivity contribution in [3.05, 3.63) is 35.9 Å². The average molecular weight is 305 g/mol. The molecule has 0 fully saturated rings. The van der Waals surface area contributed by atoms with Gasteiger partial charge in [0.15, 0.2) is 0 Å². The summed E-state index contributed by atoms with van der Waals surface area (Å²) >= 11 is 0. The van der Waals surface area contributed by atoms with Crippen LogP contribution in [0.25, 0.3) is 0 Å². The number of carbonyl (C=O) groups is 2. The predicted octanol–water partition coefficient (Wildman–Crippen LogP) is 3.36. The minimum atomic E-state index is -0.753. The highest BCUT2D eigenvalue weighted by atomic mass is 16.4. The van der Waals surface area contributed by atoms with E-state index in [1.54, 1.807) is 0 Å². The Morgan fingerprint density at radius 2 is 1.82 bits per heavy atom. The van der Waals surface area contributed by atoms with Crippen molar-refractivity contribution < 1.29 is 14.7 Å². The zero-order chi connectivity index (χ0) is 16.6. The van der Waals surface area contributed by atoms with Gasteiger partial charge in [0.2, 0.25) is 5.91 Å². The van der Waals surface area contributed by atoms with Crippen LogP contribution >= 0.6 is 0 Å². The Morgan fingerprint density at radius 3 is 2.32 bits per heavy atom. The van der Waals surface area contributed by atoms with Crippen LogP contribution < -0.4 is 5.32 Å². The summed E-state index contributed by atoms with van der Waals surface area (Å²) in [4.78, 5) is 22.1. The van der Waals surface area contributed by atoms with Crippen molar-refractivity contribution in [3.63, 3.8) is 0 Å². The molecule has 1 aromatic rings. The molecule has 0 spiro atoms. The molecule has 1 rings (SSSR count). The molecule has 1 amide bonds. The summed E-state index contributed by atoms with van der Waals surface area (Å²) in [5.74, 6) is -0.449. The van der Waals surface area contributed by atoms with Crippen molar-refractivity contribution in [1.82, 2.24) is 5.32 Å². The van der Waals surface area contributed by atoms with E-state index in [1.165, 1.54) is 12.5 Å². The first-order chi connectivity index (χ1) is 10.4. The molecular weight excluding hydrogens is 278 g/mol. The second-order valence-electron chi connectivity index (χ2n) is 6.19. The van der Waals surface area contributed by atoms with Crippen LogP contribution in [0.3, 0.4) is 0 Å². The monoisotopic (exact) mass is 305 g/mol. The summed E-state index contributed by atoms with van der Waals surface area (Å²) in [5.41, 5.74) is 1.04. The van der Waals surface area contributed by atoms with Crippen molar-refractivity contribution in [2.45, 2.75) is 51.9 Å². The minimum Gasteiger partial charge on any atom is -0.481 e. The van der Waals surface area contributed by atoms with Gasteiger partial charge in [-0.2, -0.15) is 0 Å². The summed E-state index contributed by atoms with van der Waals surface area (Å²) in [5, 5.41) is 11.7.